The molecule has 1 aromatic rings. The Morgan fingerprint density at radius 1 is 1.15 bits per heavy atom. The highest BCUT2D eigenvalue weighted by Crippen LogP contribution is 2.21. The van der Waals surface area contributed by atoms with Crippen LogP contribution in [0.2, 0.25) is 0 Å². The third-order valence-corrected chi connectivity index (χ3v) is 4.69. The fraction of sp³-hybridized carbons (Fsp3) is 0.526. The second-order valence-corrected chi connectivity index (χ2v) is 6.93. The lowest BCUT2D eigenvalue weighted by Gasteiger charge is -2.35. The van der Waals surface area contributed by atoms with Crippen LogP contribution >= 0.6 is 0 Å². The Hall–Kier alpha value is -2.41. The average molecular weight is 359 g/mol. The van der Waals surface area contributed by atoms with Gasteiger partial charge in [-0.2, -0.15) is 0 Å². The van der Waals surface area contributed by atoms with Gasteiger partial charge in [0.2, 0.25) is 11.8 Å². The summed E-state index contributed by atoms with van der Waals surface area (Å²) in [5.74, 6) is -0.298. The number of nitrogens with zero attached hydrogens (tertiary/aromatic N) is 2. The smallest absolute Gasteiger partial charge is 0.251 e. The van der Waals surface area contributed by atoms with Crippen LogP contribution in [0.4, 0.5) is 5.69 Å². The lowest BCUT2D eigenvalue weighted by atomic mass is 10.2. The van der Waals surface area contributed by atoms with Gasteiger partial charge in [0.05, 0.1) is 18.8 Å². The van der Waals surface area contributed by atoms with E-state index in [1.54, 1.807) is 34.1 Å². The minimum Gasteiger partial charge on any atom is -0.372 e. The number of amides is 3. The standard InChI is InChI=1S/C19H25N3O4/c1-13-11-21(12-14(2)26-13)18(24)10-20-19(25)15-5-7-16(8-6-15)22-9-3-4-17(22)23/h5-8,13-14H,3-4,9-12H2,1-2H3,(H,20,25). The molecule has 2 aliphatic rings. The molecule has 2 aliphatic heterocycles. The van der Waals surface area contributed by atoms with E-state index in [1.807, 2.05) is 13.8 Å². The van der Waals surface area contributed by atoms with Crippen LogP contribution in [0.1, 0.15) is 37.0 Å². The van der Waals surface area contributed by atoms with Crippen LogP contribution in [0.15, 0.2) is 24.3 Å². The van der Waals surface area contributed by atoms with Crippen molar-refractivity contribution in [3.63, 3.8) is 0 Å². The van der Waals surface area contributed by atoms with Gasteiger partial charge >= 0.3 is 0 Å². The molecule has 2 heterocycles. The predicted octanol–water partition coefficient (Wildman–Crippen LogP) is 1.18. The van der Waals surface area contributed by atoms with Gasteiger partial charge in [-0.15, -0.1) is 0 Å². The lowest BCUT2D eigenvalue weighted by molar-refractivity contribution is -0.142. The summed E-state index contributed by atoms with van der Waals surface area (Å²) in [7, 11) is 0. The third kappa shape index (κ3) is 4.22. The molecule has 2 fully saturated rings. The van der Waals surface area contributed by atoms with Crippen molar-refractivity contribution in [3.8, 4) is 0 Å². The maximum Gasteiger partial charge on any atom is 0.251 e. The van der Waals surface area contributed by atoms with Crippen LogP contribution in [-0.2, 0) is 14.3 Å². The maximum atomic E-state index is 12.3. The van der Waals surface area contributed by atoms with Gasteiger partial charge in [-0.05, 0) is 44.5 Å². The highest BCUT2D eigenvalue weighted by molar-refractivity contribution is 5.98. The maximum absolute atomic E-state index is 12.3. The third-order valence-electron chi connectivity index (χ3n) is 4.69. The summed E-state index contributed by atoms with van der Waals surface area (Å²) < 4.78 is 5.61. The Labute approximate surface area is 153 Å². The number of carbonyl (C=O) groups excluding carboxylic acids is 3. The first-order chi connectivity index (χ1) is 12.4. The summed E-state index contributed by atoms with van der Waals surface area (Å²) in [6.45, 7) is 5.62. The van der Waals surface area contributed by atoms with E-state index < -0.39 is 0 Å². The van der Waals surface area contributed by atoms with Crippen LogP contribution in [-0.4, -0.2) is 61.0 Å². The van der Waals surface area contributed by atoms with Crippen molar-refractivity contribution in [1.29, 1.82) is 0 Å². The van der Waals surface area contributed by atoms with Gasteiger partial charge in [-0.1, -0.05) is 0 Å². The number of nitrogens with one attached hydrogen (secondary N) is 1. The Morgan fingerprint density at radius 3 is 2.38 bits per heavy atom. The topological polar surface area (TPSA) is 79.0 Å². The largest absolute Gasteiger partial charge is 0.372 e. The molecule has 0 bridgehead atoms. The number of morpholine rings is 1. The molecule has 0 saturated carbocycles. The Bertz CT molecular complexity index is 679. The van der Waals surface area contributed by atoms with Gasteiger partial charge in [0.15, 0.2) is 0 Å². The lowest BCUT2D eigenvalue weighted by Crippen LogP contribution is -2.51. The van der Waals surface area contributed by atoms with Crippen LogP contribution < -0.4 is 10.2 Å². The SMILES string of the molecule is CC1CN(C(=O)CNC(=O)c2ccc(N3CCCC3=O)cc2)CC(C)O1. The number of anilines is 1. The van der Waals surface area contributed by atoms with E-state index in [-0.39, 0.29) is 36.5 Å². The summed E-state index contributed by atoms with van der Waals surface area (Å²) in [6.07, 6.45) is 1.43. The van der Waals surface area contributed by atoms with E-state index in [1.165, 1.54) is 0 Å². The fourth-order valence-electron chi connectivity index (χ4n) is 3.47. The van der Waals surface area contributed by atoms with Gasteiger partial charge in [-0.25, -0.2) is 0 Å². The molecule has 26 heavy (non-hydrogen) atoms. The Morgan fingerprint density at radius 2 is 1.81 bits per heavy atom. The van der Waals surface area contributed by atoms with Gasteiger partial charge in [0, 0.05) is 37.3 Å². The summed E-state index contributed by atoms with van der Waals surface area (Å²) in [6, 6.07) is 6.90. The van der Waals surface area contributed by atoms with E-state index in [2.05, 4.69) is 5.32 Å². The second-order valence-electron chi connectivity index (χ2n) is 6.93. The van der Waals surface area contributed by atoms with E-state index in [4.69, 9.17) is 4.74 Å². The summed E-state index contributed by atoms with van der Waals surface area (Å²) in [5, 5.41) is 2.67. The predicted molar refractivity (Wildman–Crippen MR) is 97.0 cm³/mol. The van der Waals surface area contributed by atoms with Crippen LogP contribution in [0.5, 0.6) is 0 Å². The van der Waals surface area contributed by atoms with Crippen LogP contribution in [0, 0.1) is 0 Å². The number of carbonyl (C=O) groups is 3. The number of benzene rings is 1. The molecule has 3 amide bonds. The van der Waals surface area contributed by atoms with E-state index in [0.29, 0.717) is 25.1 Å². The molecule has 1 N–H and O–H groups in total. The van der Waals surface area contributed by atoms with Gasteiger partial charge in [-0.3, -0.25) is 14.4 Å². The minimum atomic E-state index is -0.299. The first-order valence-corrected chi connectivity index (χ1v) is 9.06. The Balaban J connectivity index is 1.53. The van der Waals surface area contributed by atoms with Gasteiger partial charge < -0.3 is 19.9 Å². The highest BCUT2D eigenvalue weighted by Gasteiger charge is 2.26. The molecule has 0 radical (unpaired) electrons. The number of ether oxygens (including phenoxy) is 1. The second kappa shape index (κ2) is 7.86. The molecule has 2 unspecified atom stereocenters. The molecular formula is C19H25N3O4. The van der Waals surface area contributed by atoms with Crippen molar-refractivity contribution in [2.45, 2.75) is 38.9 Å². The van der Waals surface area contributed by atoms with Crippen molar-refractivity contribution in [3.05, 3.63) is 29.8 Å². The number of rotatable bonds is 4. The van der Waals surface area contributed by atoms with E-state index in [9.17, 15) is 14.4 Å². The van der Waals surface area contributed by atoms with Crippen molar-refractivity contribution in [1.82, 2.24) is 10.2 Å². The van der Waals surface area contributed by atoms with Crippen molar-refractivity contribution >= 4 is 23.4 Å². The minimum absolute atomic E-state index is 0.000700. The van der Waals surface area contributed by atoms with Gasteiger partial charge in [0.25, 0.3) is 5.91 Å². The normalized spacial score (nSPS) is 23.2. The van der Waals surface area contributed by atoms with Crippen molar-refractivity contribution in [2.75, 3.05) is 31.1 Å². The molecule has 140 valence electrons. The van der Waals surface area contributed by atoms with E-state index in [0.717, 1.165) is 18.7 Å². The van der Waals surface area contributed by atoms with Crippen molar-refractivity contribution < 1.29 is 19.1 Å². The van der Waals surface area contributed by atoms with Crippen molar-refractivity contribution in [2.24, 2.45) is 0 Å². The molecule has 7 heteroatoms. The zero-order chi connectivity index (χ0) is 18.7. The summed E-state index contributed by atoms with van der Waals surface area (Å²) in [4.78, 5) is 39.8. The highest BCUT2D eigenvalue weighted by atomic mass is 16.5. The molecular weight excluding hydrogens is 334 g/mol. The summed E-state index contributed by atoms with van der Waals surface area (Å²) in [5.41, 5.74) is 1.27. The molecule has 7 nitrogen and oxygen atoms in total. The zero-order valence-corrected chi connectivity index (χ0v) is 15.2. The monoisotopic (exact) mass is 359 g/mol. The Kier molecular flexibility index (Phi) is 5.56. The molecule has 2 atom stereocenters. The van der Waals surface area contributed by atoms with Crippen LogP contribution in [0.3, 0.4) is 0 Å². The first-order valence-electron chi connectivity index (χ1n) is 9.06. The number of hydrogen-bond donors (Lipinski definition) is 1. The first kappa shape index (κ1) is 18.4. The van der Waals surface area contributed by atoms with Crippen LogP contribution in [0.25, 0.3) is 0 Å². The quantitative estimate of drug-likeness (QED) is 0.876. The average Bonchev–Trinajstić information content (AvgIpc) is 3.04. The summed E-state index contributed by atoms with van der Waals surface area (Å²) >= 11 is 0. The molecule has 3 rings (SSSR count). The molecule has 2 saturated heterocycles. The number of hydrogen-bond acceptors (Lipinski definition) is 4. The zero-order valence-electron chi connectivity index (χ0n) is 15.2. The fourth-order valence-corrected chi connectivity index (χ4v) is 3.47. The van der Waals surface area contributed by atoms with E-state index >= 15 is 0 Å². The molecule has 1 aromatic carbocycles. The molecule has 0 aromatic heterocycles. The molecule has 0 spiro atoms. The van der Waals surface area contributed by atoms with Gasteiger partial charge in [0.1, 0.15) is 0 Å². The molecule has 0 aliphatic carbocycles.